The van der Waals surface area contributed by atoms with Crippen LogP contribution in [0.3, 0.4) is 0 Å². The summed E-state index contributed by atoms with van der Waals surface area (Å²) in [6.07, 6.45) is 0. The molecule has 1 amide bonds. The van der Waals surface area contributed by atoms with E-state index in [0.29, 0.717) is 10.6 Å². The van der Waals surface area contributed by atoms with E-state index in [1.54, 1.807) is 44.1 Å². The lowest BCUT2D eigenvalue weighted by Crippen LogP contribution is -2.38. The number of hydrogen-bond donors (Lipinski definition) is 1. The Morgan fingerprint density at radius 1 is 1.29 bits per heavy atom. The Labute approximate surface area is 172 Å². The number of halogens is 2. The molecule has 2 aromatic carbocycles. The Bertz CT molecular complexity index is 829. The van der Waals surface area contributed by atoms with E-state index in [1.807, 2.05) is 0 Å². The number of carbonyl (C=O) groups excluding carboxylic acids is 1. The molecule has 0 aliphatic carbocycles. The van der Waals surface area contributed by atoms with Crippen molar-refractivity contribution in [1.29, 1.82) is 0 Å². The van der Waals surface area contributed by atoms with Crippen molar-refractivity contribution in [3.8, 4) is 0 Å². The van der Waals surface area contributed by atoms with Gasteiger partial charge in [-0.1, -0.05) is 17.7 Å². The molecule has 2 atom stereocenters. The van der Waals surface area contributed by atoms with E-state index >= 15 is 0 Å². The van der Waals surface area contributed by atoms with Crippen LogP contribution in [0.5, 0.6) is 0 Å². The fourth-order valence-corrected chi connectivity index (χ4v) is 3.80. The highest BCUT2D eigenvalue weighted by Gasteiger charge is 2.23. The van der Waals surface area contributed by atoms with Crippen LogP contribution in [-0.2, 0) is 4.79 Å². The molecule has 0 spiro atoms. The molecule has 9 heteroatoms. The van der Waals surface area contributed by atoms with Crippen molar-refractivity contribution in [1.82, 2.24) is 10.2 Å². The Kier molecular flexibility index (Phi) is 7.79. The molecule has 6 nitrogen and oxygen atoms in total. The standard InChI is InChI=1S/C19H21ClFN3O3S/c1-12(28-14-9-7-13(8-10-14)24(26)27)19(25)22-11-17(23(2)3)18-15(20)5-4-6-16(18)21/h4-10,12,17H,11H2,1-3H3,(H,22,25). The molecule has 0 bridgehead atoms. The van der Waals surface area contributed by atoms with E-state index in [0.717, 1.165) is 4.90 Å². The maximum Gasteiger partial charge on any atom is 0.269 e. The number of benzene rings is 2. The average molecular weight is 426 g/mol. The van der Waals surface area contributed by atoms with E-state index in [-0.39, 0.29) is 18.1 Å². The maximum absolute atomic E-state index is 14.2. The number of nitro benzene ring substituents is 1. The molecule has 0 radical (unpaired) electrons. The first-order valence-corrected chi connectivity index (χ1v) is 9.75. The summed E-state index contributed by atoms with van der Waals surface area (Å²) in [7, 11) is 3.57. The van der Waals surface area contributed by atoms with Gasteiger partial charge in [0.25, 0.3) is 5.69 Å². The summed E-state index contributed by atoms with van der Waals surface area (Å²) in [6, 6.07) is 10.1. The van der Waals surface area contributed by atoms with Crippen LogP contribution in [0.4, 0.5) is 10.1 Å². The minimum atomic E-state index is -0.472. The van der Waals surface area contributed by atoms with E-state index in [2.05, 4.69) is 5.32 Å². The molecule has 2 aromatic rings. The van der Waals surface area contributed by atoms with Gasteiger partial charge in [0.2, 0.25) is 5.91 Å². The predicted molar refractivity (Wildman–Crippen MR) is 109 cm³/mol. The molecular weight excluding hydrogens is 405 g/mol. The number of nitrogens with zero attached hydrogens (tertiary/aromatic N) is 2. The van der Waals surface area contributed by atoms with Crippen LogP contribution in [-0.4, -0.2) is 41.6 Å². The predicted octanol–water partition coefficient (Wildman–Crippen LogP) is 4.29. The monoisotopic (exact) mass is 425 g/mol. The summed E-state index contributed by atoms with van der Waals surface area (Å²) in [6.45, 7) is 1.93. The Morgan fingerprint density at radius 2 is 1.93 bits per heavy atom. The molecule has 1 N–H and O–H groups in total. The number of amides is 1. The third-order valence-electron chi connectivity index (χ3n) is 4.16. The number of rotatable bonds is 8. The highest BCUT2D eigenvalue weighted by Crippen LogP contribution is 2.29. The summed E-state index contributed by atoms with van der Waals surface area (Å²) in [5, 5.41) is 13.4. The fourth-order valence-electron chi connectivity index (χ4n) is 2.62. The molecule has 150 valence electrons. The third-order valence-corrected chi connectivity index (χ3v) is 5.60. The quantitative estimate of drug-likeness (QED) is 0.388. The minimum absolute atomic E-state index is 0.00274. The van der Waals surface area contributed by atoms with Gasteiger partial charge in [0, 0.05) is 34.2 Å². The molecule has 0 aromatic heterocycles. The second-order valence-electron chi connectivity index (χ2n) is 6.37. The summed E-state index contributed by atoms with van der Waals surface area (Å²) >= 11 is 7.44. The van der Waals surface area contributed by atoms with Crippen molar-refractivity contribution in [2.24, 2.45) is 0 Å². The van der Waals surface area contributed by atoms with Crippen molar-refractivity contribution in [2.75, 3.05) is 20.6 Å². The number of thioether (sulfide) groups is 1. The summed E-state index contributed by atoms with van der Waals surface area (Å²) in [5.74, 6) is -0.642. The number of nitrogens with one attached hydrogen (secondary N) is 1. The van der Waals surface area contributed by atoms with Crippen molar-refractivity contribution < 1.29 is 14.1 Å². The molecule has 28 heavy (non-hydrogen) atoms. The summed E-state index contributed by atoms with van der Waals surface area (Å²) in [4.78, 5) is 25.2. The average Bonchev–Trinajstić information content (AvgIpc) is 2.63. The van der Waals surface area contributed by atoms with Gasteiger partial charge in [-0.15, -0.1) is 11.8 Å². The smallest absolute Gasteiger partial charge is 0.269 e. The highest BCUT2D eigenvalue weighted by molar-refractivity contribution is 8.00. The minimum Gasteiger partial charge on any atom is -0.353 e. The normalized spacial score (nSPS) is 13.2. The molecule has 2 rings (SSSR count). The number of carbonyl (C=O) groups is 1. The Hall–Kier alpha value is -2.16. The van der Waals surface area contributed by atoms with Gasteiger partial charge >= 0.3 is 0 Å². The van der Waals surface area contributed by atoms with Crippen LogP contribution >= 0.6 is 23.4 Å². The molecule has 0 aliphatic heterocycles. The van der Waals surface area contributed by atoms with Crippen LogP contribution in [0, 0.1) is 15.9 Å². The summed E-state index contributed by atoms with van der Waals surface area (Å²) < 4.78 is 14.2. The third kappa shape index (κ3) is 5.67. The molecule has 0 aliphatic rings. The number of nitro groups is 1. The molecular formula is C19H21ClFN3O3S. The Balaban J connectivity index is 2.01. The highest BCUT2D eigenvalue weighted by atomic mass is 35.5. The van der Waals surface area contributed by atoms with Gasteiger partial charge in [0.1, 0.15) is 5.82 Å². The van der Waals surface area contributed by atoms with E-state index in [1.165, 1.54) is 36.0 Å². The number of hydrogen-bond acceptors (Lipinski definition) is 5. The molecule has 2 unspecified atom stereocenters. The van der Waals surface area contributed by atoms with Gasteiger partial charge in [-0.25, -0.2) is 4.39 Å². The van der Waals surface area contributed by atoms with E-state index < -0.39 is 22.0 Å². The van der Waals surface area contributed by atoms with Crippen molar-refractivity contribution in [3.05, 3.63) is 69.0 Å². The summed E-state index contributed by atoms with van der Waals surface area (Å²) in [5.41, 5.74) is 0.335. The first kappa shape index (κ1) is 22.1. The zero-order chi connectivity index (χ0) is 20.8. The zero-order valence-corrected chi connectivity index (χ0v) is 17.3. The lowest BCUT2D eigenvalue weighted by molar-refractivity contribution is -0.384. The number of non-ortho nitro benzene ring substituents is 1. The lowest BCUT2D eigenvalue weighted by atomic mass is 10.0. The second-order valence-corrected chi connectivity index (χ2v) is 8.19. The van der Waals surface area contributed by atoms with Crippen LogP contribution in [0.1, 0.15) is 18.5 Å². The number of likely N-dealkylation sites (N-methyl/N-ethyl adjacent to an activating group) is 1. The van der Waals surface area contributed by atoms with Gasteiger partial charge in [-0.2, -0.15) is 0 Å². The largest absolute Gasteiger partial charge is 0.353 e. The van der Waals surface area contributed by atoms with Crippen molar-refractivity contribution in [2.45, 2.75) is 23.1 Å². The van der Waals surface area contributed by atoms with Crippen molar-refractivity contribution >= 4 is 35.0 Å². The van der Waals surface area contributed by atoms with Gasteiger partial charge in [-0.05, 0) is 45.3 Å². The zero-order valence-electron chi connectivity index (χ0n) is 15.7. The maximum atomic E-state index is 14.2. The van der Waals surface area contributed by atoms with Gasteiger partial charge in [0.05, 0.1) is 16.2 Å². The molecule has 0 saturated carbocycles. The van der Waals surface area contributed by atoms with Crippen LogP contribution in [0.2, 0.25) is 5.02 Å². The van der Waals surface area contributed by atoms with Crippen LogP contribution in [0.25, 0.3) is 0 Å². The second kappa shape index (κ2) is 9.86. The fraction of sp³-hybridized carbons (Fsp3) is 0.316. The van der Waals surface area contributed by atoms with Gasteiger partial charge in [-0.3, -0.25) is 14.9 Å². The first-order valence-electron chi connectivity index (χ1n) is 8.50. The molecule has 0 fully saturated rings. The Morgan fingerprint density at radius 3 is 2.46 bits per heavy atom. The SMILES string of the molecule is CC(Sc1ccc([N+](=O)[O-])cc1)C(=O)NCC(c1c(F)cccc1Cl)N(C)C. The topological polar surface area (TPSA) is 75.5 Å². The first-order chi connectivity index (χ1) is 13.2. The van der Waals surface area contributed by atoms with Gasteiger partial charge < -0.3 is 10.2 Å². The lowest BCUT2D eigenvalue weighted by Gasteiger charge is -2.27. The van der Waals surface area contributed by atoms with E-state index in [9.17, 15) is 19.3 Å². The van der Waals surface area contributed by atoms with Crippen LogP contribution in [0.15, 0.2) is 47.4 Å². The van der Waals surface area contributed by atoms with E-state index in [4.69, 9.17) is 11.6 Å². The molecule has 0 saturated heterocycles. The van der Waals surface area contributed by atoms with Crippen molar-refractivity contribution in [3.63, 3.8) is 0 Å². The molecule has 0 heterocycles. The van der Waals surface area contributed by atoms with Crippen LogP contribution < -0.4 is 5.32 Å². The van der Waals surface area contributed by atoms with Gasteiger partial charge in [0.15, 0.2) is 0 Å².